The lowest BCUT2D eigenvalue weighted by Gasteiger charge is -2.12. The van der Waals surface area contributed by atoms with Gasteiger partial charge in [-0.3, -0.25) is 4.79 Å². The largest absolute Gasteiger partial charge is 0.369 e. The summed E-state index contributed by atoms with van der Waals surface area (Å²) in [5.74, 6) is 0.223. The van der Waals surface area contributed by atoms with E-state index in [9.17, 15) is 4.79 Å². The molecule has 1 saturated carbocycles. The van der Waals surface area contributed by atoms with Gasteiger partial charge in [-0.25, -0.2) is 15.0 Å². The Balaban J connectivity index is 1.70. The van der Waals surface area contributed by atoms with Gasteiger partial charge in [-0.05, 0) is 67.1 Å². The number of carbonyl (C=O) groups is 1. The molecular formula is C23H20N4O. The molecule has 2 N–H and O–H groups in total. The van der Waals surface area contributed by atoms with E-state index < -0.39 is 0 Å². The van der Waals surface area contributed by atoms with Crippen LogP contribution in [0.15, 0.2) is 48.5 Å². The number of carbonyl (C=O) groups excluding carboxylic acids is 1. The minimum atomic E-state index is -0.320. The van der Waals surface area contributed by atoms with Gasteiger partial charge < -0.3 is 5.73 Å². The highest BCUT2D eigenvalue weighted by molar-refractivity contribution is 5.88. The molecule has 1 fully saturated rings. The first kappa shape index (κ1) is 16.8. The smallest absolute Gasteiger partial charge is 0.221 e. The summed E-state index contributed by atoms with van der Waals surface area (Å²) < 4.78 is 0. The number of hydrogen-bond acceptors (Lipinski definition) is 4. The number of nitrogens with zero attached hydrogens (tertiary/aromatic N) is 3. The third-order valence-corrected chi connectivity index (χ3v) is 5.29. The van der Waals surface area contributed by atoms with Gasteiger partial charge in [-0.2, -0.15) is 0 Å². The maximum atomic E-state index is 11.3. The predicted octanol–water partition coefficient (Wildman–Crippen LogP) is 4.06. The fraction of sp³-hybridized carbons (Fsp3) is 0.217. The fourth-order valence-corrected chi connectivity index (χ4v) is 3.79. The van der Waals surface area contributed by atoms with Crippen molar-refractivity contribution in [3.05, 3.63) is 65.4 Å². The van der Waals surface area contributed by atoms with Gasteiger partial charge >= 0.3 is 0 Å². The molecule has 5 nitrogen and oxygen atoms in total. The van der Waals surface area contributed by atoms with Crippen LogP contribution in [-0.2, 0) is 11.2 Å². The second-order valence-corrected chi connectivity index (χ2v) is 7.51. The van der Waals surface area contributed by atoms with Crippen LogP contribution in [0.3, 0.4) is 0 Å². The number of fused-ring (bicyclic) bond motifs is 2. The highest BCUT2D eigenvalue weighted by Gasteiger charge is 2.27. The molecule has 1 aliphatic carbocycles. The first-order chi connectivity index (χ1) is 13.6. The third-order valence-electron chi connectivity index (χ3n) is 5.29. The Morgan fingerprint density at radius 2 is 1.75 bits per heavy atom. The molecule has 2 aromatic heterocycles. The molecule has 5 rings (SSSR count). The fourth-order valence-electron chi connectivity index (χ4n) is 3.79. The van der Waals surface area contributed by atoms with Crippen LogP contribution in [0.1, 0.15) is 35.6 Å². The minimum Gasteiger partial charge on any atom is -0.369 e. The summed E-state index contributed by atoms with van der Waals surface area (Å²) in [6.45, 7) is 1.98. The lowest BCUT2D eigenvalue weighted by molar-refractivity contribution is -0.117. The molecule has 0 unspecified atom stereocenters. The van der Waals surface area contributed by atoms with Gasteiger partial charge in [-0.15, -0.1) is 0 Å². The normalized spacial score (nSPS) is 13.9. The molecule has 4 aromatic rings. The standard InChI is InChI=1S/C23H20N4O/c1-13-23(27-20-5-3-2-4-19(20)25-13)21-12-16(15-7-8-15)17-10-14(11-22(24)28)6-9-18(17)26-21/h2-6,9-10,12,15H,7-8,11H2,1H3,(H2,24,28). The lowest BCUT2D eigenvalue weighted by Crippen LogP contribution is -2.13. The molecular weight excluding hydrogens is 348 g/mol. The van der Waals surface area contributed by atoms with Crippen molar-refractivity contribution in [3.8, 4) is 11.4 Å². The molecule has 0 radical (unpaired) electrons. The van der Waals surface area contributed by atoms with Crippen LogP contribution in [0.2, 0.25) is 0 Å². The van der Waals surface area contributed by atoms with Crippen molar-refractivity contribution in [3.63, 3.8) is 0 Å². The van der Waals surface area contributed by atoms with Crippen LogP contribution in [0.25, 0.3) is 33.3 Å². The number of rotatable bonds is 4. The summed E-state index contributed by atoms with van der Waals surface area (Å²) in [7, 11) is 0. The van der Waals surface area contributed by atoms with Crippen LogP contribution >= 0.6 is 0 Å². The van der Waals surface area contributed by atoms with Gasteiger partial charge in [0.25, 0.3) is 0 Å². The summed E-state index contributed by atoms with van der Waals surface area (Å²) in [5, 5.41) is 1.11. The maximum Gasteiger partial charge on any atom is 0.221 e. The Morgan fingerprint density at radius 1 is 1.00 bits per heavy atom. The average molecular weight is 368 g/mol. The van der Waals surface area contributed by atoms with E-state index in [0.29, 0.717) is 5.92 Å². The topological polar surface area (TPSA) is 81.8 Å². The van der Waals surface area contributed by atoms with Gasteiger partial charge in [0.1, 0.15) is 5.69 Å². The quantitative estimate of drug-likeness (QED) is 0.589. The van der Waals surface area contributed by atoms with Crippen LogP contribution in [-0.4, -0.2) is 20.9 Å². The highest BCUT2D eigenvalue weighted by atomic mass is 16.1. The van der Waals surface area contributed by atoms with Gasteiger partial charge in [0.15, 0.2) is 0 Å². The average Bonchev–Trinajstić information content (AvgIpc) is 3.51. The highest BCUT2D eigenvalue weighted by Crippen LogP contribution is 2.44. The van der Waals surface area contributed by atoms with Crippen molar-refractivity contribution in [2.24, 2.45) is 5.73 Å². The van der Waals surface area contributed by atoms with Crippen molar-refractivity contribution in [2.45, 2.75) is 32.1 Å². The number of primary amides is 1. The summed E-state index contributed by atoms with van der Waals surface area (Å²) in [6, 6.07) is 16.0. The van der Waals surface area contributed by atoms with Crippen molar-refractivity contribution < 1.29 is 4.79 Å². The molecule has 0 bridgehead atoms. The molecule has 0 spiro atoms. The molecule has 138 valence electrons. The number of hydrogen-bond donors (Lipinski definition) is 1. The molecule has 28 heavy (non-hydrogen) atoms. The molecule has 2 heterocycles. The maximum absolute atomic E-state index is 11.3. The van der Waals surface area contributed by atoms with Gasteiger partial charge in [0, 0.05) is 5.39 Å². The van der Waals surface area contributed by atoms with Gasteiger partial charge in [-0.1, -0.05) is 18.2 Å². The molecule has 0 aliphatic heterocycles. The summed E-state index contributed by atoms with van der Waals surface area (Å²) >= 11 is 0. The van der Waals surface area contributed by atoms with Crippen LogP contribution in [0.5, 0.6) is 0 Å². The minimum absolute atomic E-state index is 0.247. The summed E-state index contributed by atoms with van der Waals surface area (Å²) in [6.07, 6.45) is 2.61. The first-order valence-corrected chi connectivity index (χ1v) is 9.54. The molecule has 5 heteroatoms. The van der Waals surface area contributed by atoms with E-state index >= 15 is 0 Å². The van der Waals surface area contributed by atoms with E-state index in [4.69, 9.17) is 20.7 Å². The van der Waals surface area contributed by atoms with Crippen molar-refractivity contribution >= 4 is 27.8 Å². The molecule has 0 saturated heterocycles. The van der Waals surface area contributed by atoms with Crippen LogP contribution in [0, 0.1) is 6.92 Å². The number of benzene rings is 2. The van der Waals surface area contributed by atoms with E-state index in [1.165, 1.54) is 18.4 Å². The zero-order chi connectivity index (χ0) is 19.3. The Bertz CT molecular complexity index is 1240. The van der Waals surface area contributed by atoms with Gasteiger partial charge in [0.2, 0.25) is 5.91 Å². The second-order valence-electron chi connectivity index (χ2n) is 7.51. The zero-order valence-electron chi connectivity index (χ0n) is 15.6. The molecule has 2 aromatic carbocycles. The van der Waals surface area contributed by atoms with Gasteiger partial charge in [0.05, 0.1) is 34.4 Å². The van der Waals surface area contributed by atoms with Crippen LogP contribution in [0.4, 0.5) is 0 Å². The van der Waals surface area contributed by atoms with E-state index in [-0.39, 0.29) is 12.3 Å². The summed E-state index contributed by atoms with van der Waals surface area (Å²) in [4.78, 5) is 25.8. The Labute approximate surface area is 162 Å². The Kier molecular flexibility index (Phi) is 3.83. The molecule has 0 atom stereocenters. The Morgan fingerprint density at radius 3 is 2.46 bits per heavy atom. The van der Waals surface area contributed by atoms with E-state index in [1.54, 1.807) is 0 Å². The summed E-state index contributed by atoms with van der Waals surface area (Å²) in [5.41, 5.74) is 12.8. The molecule has 1 amide bonds. The SMILES string of the molecule is Cc1nc2ccccc2nc1-c1cc(C2CC2)c2cc(CC(N)=O)ccc2n1. The predicted molar refractivity (Wildman–Crippen MR) is 110 cm³/mol. The van der Waals surface area contributed by atoms with Crippen molar-refractivity contribution in [2.75, 3.05) is 0 Å². The van der Waals surface area contributed by atoms with E-state index in [2.05, 4.69) is 12.1 Å². The van der Waals surface area contributed by atoms with Crippen molar-refractivity contribution in [1.29, 1.82) is 0 Å². The number of amides is 1. The third kappa shape index (κ3) is 2.99. The lowest BCUT2D eigenvalue weighted by atomic mass is 9.99. The number of aryl methyl sites for hydroxylation is 1. The Hall–Kier alpha value is -3.34. The molecule has 1 aliphatic rings. The zero-order valence-corrected chi connectivity index (χ0v) is 15.6. The van der Waals surface area contributed by atoms with Crippen LogP contribution < -0.4 is 5.73 Å². The first-order valence-electron chi connectivity index (χ1n) is 9.54. The number of para-hydroxylation sites is 2. The van der Waals surface area contributed by atoms with E-state index in [0.717, 1.165) is 44.6 Å². The number of aromatic nitrogens is 3. The van der Waals surface area contributed by atoms with E-state index in [1.807, 2.05) is 43.3 Å². The van der Waals surface area contributed by atoms with Crippen molar-refractivity contribution in [1.82, 2.24) is 15.0 Å². The number of nitrogens with two attached hydrogens (primary N) is 1. The monoisotopic (exact) mass is 368 g/mol. The number of pyridine rings is 1. The second kappa shape index (κ2) is 6.37.